The number of likely N-dealkylation sites (N-methyl/N-ethyl adjacent to an activating group) is 1. The number of aromatic nitrogens is 3. The zero-order chi connectivity index (χ0) is 14.1. The summed E-state index contributed by atoms with van der Waals surface area (Å²) in [6.45, 7) is 2.71. The number of carbonyl (C=O) groups is 1. The Hall–Kier alpha value is -1.69. The average Bonchev–Trinajstić information content (AvgIpc) is 3.11. The van der Waals surface area contributed by atoms with Gasteiger partial charge in [-0.2, -0.15) is 5.10 Å². The van der Waals surface area contributed by atoms with Gasteiger partial charge in [0.25, 0.3) is 5.91 Å². The molecule has 1 amide bonds. The number of rotatable bonds is 4. The minimum absolute atomic E-state index is 0.0200. The van der Waals surface area contributed by atoms with Crippen molar-refractivity contribution in [2.75, 3.05) is 13.6 Å². The SMILES string of the molecule is Cc1ncsc1CCN(C)C(=O)c1n[nH]c2c1CCC2. The van der Waals surface area contributed by atoms with Crippen LogP contribution in [0, 0.1) is 6.92 Å². The van der Waals surface area contributed by atoms with E-state index in [1.807, 2.05) is 19.5 Å². The van der Waals surface area contributed by atoms with Crippen LogP contribution in [-0.4, -0.2) is 39.6 Å². The van der Waals surface area contributed by atoms with Gasteiger partial charge >= 0.3 is 0 Å². The van der Waals surface area contributed by atoms with E-state index >= 15 is 0 Å². The van der Waals surface area contributed by atoms with Crippen LogP contribution in [-0.2, 0) is 19.3 Å². The average molecular weight is 290 g/mol. The number of carbonyl (C=O) groups excluding carboxylic acids is 1. The molecule has 1 aliphatic rings. The van der Waals surface area contributed by atoms with Gasteiger partial charge in [0.05, 0.1) is 11.2 Å². The van der Waals surface area contributed by atoms with Crippen molar-refractivity contribution < 1.29 is 4.79 Å². The van der Waals surface area contributed by atoms with E-state index in [2.05, 4.69) is 15.2 Å². The van der Waals surface area contributed by atoms with Crippen LogP contribution in [0.1, 0.15) is 38.7 Å². The largest absolute Gasteiger partial charge is 0.340 e. The summed E-state index contributed by atoms with van der Waals surface area (Å²) < 4.78 is 0. The first-order chi connectivity index (χ1) is 9.66. The van der Waals surface area contributed by atoms with Crippen molar-refractivity contribution in [3.63, 3.8) is 0 Å². The number of amides is 1. The molecule has 0 atom stereocenters. The van der Waals surface area contributed by atoms with Crippen molar-refractivity contribution in [1.82, 2.24) is 20.1 Å². The number of nitrogens with zero attached hydrogens (tertiary/aromatic N) is 3. The number of hydrogen-bond acceptors (Lipinski definition) is 4. The summed E-state index contributed by atoms with van der Waals surface area (Å²) in [5.74, 6) is 0.0200. The lowest BCUT2D eigenvalue weighted by Gasteiger charge is -2.16. The molecular formula is C14H18N4OS. The highest BCUT2D eigenvalue weighted by atomic mass is 32.1. The highest BCUT2D eigenvalue weighted by Crippen LogP contribution is 2.23. The van der Waals surface area contributed by atoms with Crippen LogP contribution < -0.4 is 0 Å². The van der Waals surface area contributed by atoms with Gasteiger partial charge in [-0.1, -0.05) is 0 Å². The molecule has 2 heterocycles. The van der Waals surface area contributed by atoms with E-state index < -0.39 is 0 Å². The van der Waals surface area contributed by atoms with E-state index in [9.17, 15) is 4.79 Å². The Bertz CT molecular complexity index is 631. The third-order valence-electron chi connectivity index (χ3n) is 3.87. The Labute approximate surface area is 122 Å². The maximum absolute atomic E-state index is 12.4. The molecule has 0 unspecified atom stereocenters. The van der Waals surface area contributed by atoms with E-state index in [-0.39, 0.29) is 5.91 Å². The first-order valence-corrected chi connectivity index (χ1v) is 7.75. The van der Waals surface area contributed by atoms with Gasteiger partial charge in [-0.05, 0) is 26.2 Å². The first-order valence-electron chi connectivity index (χ1n) is 6.87. The molecule has 0 aliphatic heterocycles. The van der Waals surface area contributed by atoms with Gasteiger partial charge in [-0.25, -0.2) is 4.98 Å². The summed E-state index contributed by atoms with van der Waals surface area (Å²) in [6, 6.07) is 0. The minimum atomic E-state index is 0.0200. The number of aryl methyl sites for hydroxylation is 2. The number of thiazole rings is 1. The maximum Gasteiger partial charge on any atom is 0.274 e. The Balaban J connectivity index is 1.66. The molecule has 6 heteroatoms. The molecule has 2 aromatic rings. The second-order valence-corrected chi connectivity index (χ2v) is 6.16. The van der Waals surface area contributed by atoms with Gasteiger partial charge in [0.1, 0.15) is 0 Å². The van der Waals surface area contributed by atoms with Crippen LogP contribution in [0.25, 0.3) is 0 Å². The smallest absolute Gasteiger partial charge is 0.274 e. The summed E-state index contributed by atoms with van der Waals surface area (Å²) in [5.41, 5.74) is 5.79. The van der Waals surface area contributed by atoms with E-state index in [1.165, 1.54) is 4.88 Å². The molecule has 20 heavy (non-hydrogen) atoms. The fourth-order valence-electron chi connectivity index (χ4n) is 2.61. The van der Waals surface area contributed by atoms with Crippen molar-refractivity contribution >= 4 is 17.2 Å². The van der Waals surface area contributed by atoms with Crippen LogP contribution in [0.2, 0.25) is 0 Å². The zero-order valence-corrected chi connectivity index (χ0v) is 12.6. The number of hydrogen-bond donors (Lipinski definition) is 1. The van der Waals surface area contributed by atoms with Gasteiger partial charge < -0.3 is 4.90 Å². The normalized spacial score (nSPS) is 13.5. The summed E-state index contributed by atoms with van der Waals surface area (Å²) in [4.78, 5) is 19.7. The number of H-pyrrole nitrogens is 1. The van der Waals surface area contributed by atoms with Gasteiger partial charge in [-0.3, -0.25) is 9.89 Å². The molecule has 0 aromatic carbocycles. The molecule has 0 saturated heterocycles. The van der Waals surface area contributed by atoms with Gasteiger partial charge in [0.15, 0.2) is 5.69 Å². The first kappa shape index (κ1) is 13.3. The predicted octanol–water partition coefficient (Wildman–Crippen LogP) is 1.98. The molecule has 0 bridgehead atoms. The summed E-state index contributed by atoms with van der Waals surface area (Å²) in [6.07, 6.45) is 3.95. The lowest BCUT2D eigenvalue weighted by atomic mass is 10.2. The molecule has 3 rings (SSSR count). The molecule has 2 aromatic heterocycles. The quantitative estimate of drug-likeness (QED) is 0.936. The number of aromatic amines is 1. The highest BCUT2D eigenvalue weighted by Gasteiger charge is 2.25. The van der Waals surface area contributed by atoms with E-state index in [1.54, 1.807) is 16.2 Å². The third kappa shape index (κ3) is 2.35. The van der Waals surface area contributed by atoms with Crippen molar-refractivity contribution in [3.8, 4) is 0 Å². The second-order valence-electron chi connectivity index (χ2n) is 5.22. The lowest BCUT2D eigenvalue weighted by molar-refractivity contribution is 0.0790. The third-order valence-corrected chi connectivity index (χ3v) is 4.87. The Morgan fingerprint density at radius 2 is 2.35 bits per heavy atom. The van der Waals surface area contributed by atoms with Crippen molar-refractivity contribution in [2.45, 2.75) is 32.6 Å². The van der Waals surface area contributed by atoms with Crippen LogP contribution in [0.3, 0.4) is 0 Å². The predicted molar refractivity (Wildman–Crippen MR) is 78.1 cm³/mol. The lowest BCUT2D eigenvalue weighted by Crippen LogP contribution is -2.29. The van der Waals surface area contributed by atoms with E-state index in [0.29, 0.717) is 12.2 Å². The molecule has 1 N–H and O–H groups in total. The molecule has 5 nitrogen and oxygen atoms in total. The van der Waals surface area contributed by atoms with Crippen LogP contribution >= 0.6 is 11.3 Å². The number of nitrogens with one attached hydrogen (secondary N) is 1. The molecule has 0 fully saturated rings. The summed E-state index contributed by atoms with van der Waals surface area (Å²) in [7, 11) is 1.84. The maximum atomic E-state index is 12.4. The molecule has 106 valence electrons. The van der Waals surface area contributed by atoms with Crippen LogP contribution in [0.5, 0.6) is 0 Å². The Kier molecular flexibility index (Phi) is 3.56. The molecular weight excluding hydrogens is 272 g/mol. The van der Waals surface area contributed by atoms with E-state index in [0.717, 1.165) is 42.6 Å². The fourth-order valence-corrected chi connectivity index (χ4v) is 3.38. The van der Waals surface area contributed by atoms with E-state index in [4.69, 9.17) is 0 Å². The highest BCUT2D eigenvalue weighted by molar-refractivity contribution is 7.09. The van der Waals surface area contributed by atoms with Crippen LogP contribution in [0.15, 0.2) is 5.51 Å². The van der Waals surface area contributed by atoms with Gasteiger partial charge in [0.2, 0.25) is 0 Å². The second kappa shape index (κ2) is 5.36. The van der Waals surface area contributed by atoms with Crippen molar-refractivity contribution in [3.05, 3.63) is 33.0 Å². The molecule has 0 spiro atoms. The fraction of sp³-hybridized carbons (Fsp3) is 0.500. The molecule has 0 radical (unpaired) electrons. The standard InChI is InChI=1S/C14H18N4OS/c1-9-12(20-8-15-9)6-7-18(2)14(19)13-10-4-3-5-11(10)16-17-13/h8H,3-7H2,1-2H3,(H,16,17). The minimum Gasteiger partial charge on any atom is -0.340 e. The Morgan fingerprint density at radius 1 is 1.50 bits per heavy atom. The summed E-state index contributed by atoms with van der Waals surface area (Å²) in [5, 5.41) is 7.19. The molecule has 0 saturated carbocycles. The van der Waals surface area contributed by atoms with Crippen molar-refractivity contribution in [2.24, 2.45) is 0 Å². The zero-order valence-electron chi connectivity index (χ0n) is 11.8. The topological polar surface area (TPSA) is 61.9 Å². The van der Waals surface area contributed by atoms with Gasteiger partial charge in [-0.15, -0.1) is 11.3 Å². The summed E-state index contributed by atoms with van der Waals surface area (Å²) >= 11 is 1.65. The van der Waals surface area contributed by atoms with Crippen LogP contribution in [0.4, 0.5) is 0 Å². The molecule has 1 aliphatic carbocycles. The van der Waals surface area contributed by atoms with Crippen molar-refractivity contribution in [1.29, 1.82) is 0 Å². The Morgan fingerprint density at radius 3 is 3.10 bits per heavy atom. The number of fused-ring (bicyclic) bond motifs is 1. The van der Waals surface area contributed by atoms with Gasteiger partial charge in [0, 0.05) is 36.1 Å². The monoisotopic (exact) mass is 290 g/mol.